The molecule has 0 N–H and O–H groups in total. The number of aryl methyl sites for hydroxylation is 2. The molecule has 138 valence electrons. The van der Waals surface area contributed by atoms with Gasteiger partial charge in [0.2, 0.25) is 5.69 Å². The molecule has 0 aliphatic heterocycles. The van der Waals surface area contributed by atoms with E-state index in [1.54, 1.807) is 6.07 Å². The van der Waals surface area contributed by atoms with Crippen LogP contribution < -0.4 is 4.57 Å². The van der Waals surface area contributed by atoms with Crippen LogP contribution in [0.25, 0.3) is 44.0 Å². The van der Waals surface area contributed by atoms with Crippen LogP contribution in [0.4, 0.5) is 0 Å². The van der Waals surface area contributed by atoms with Gasteiger partial charge in [-0.15, -0.1) is 0 Å². The third-order valence-electron chi connectivity index (χ3n) is 5.58. The molecule has 1 unspecified atom stereocenters. The van der Waals surface area contributed by atoms with E-state index in [9.17, 15) is 0 Å². The van der Waals surface area contributed by atoms with Crippen LogP contribution in [0.15, 0.2) is 71.3 Å². The van der Waals surface area contributed by atoms with Crippen LogP contribution in [0, 0.1) is 6.92 Å². The zero-order chi connectivity index (χ0) is 22.8. The second-order valence-corrected chi connectivity index (χ2v) is 7.43. The van der Waals surface area contributed by atoms with Crippen LogP contribution in [0.2, 0.25) is 0 Å². The third kappa shape index (κ3) is 2.45. The molecule has 0 amide bonds. The highest BCUT2D eigenvalue weighted by atomic mass is 16.3. The van der Waals surface area contributed by atoms with Crippen LogP contribution >= 0.6 is 0 Å². The summed E-state index contributed by atoms with van der Waals surface area (Å²) in [6.07, 6.45) is 1.82. The standard InChI is InChI=1S/C26H24NO/c1-16(2)19-13-14-27(4)22(15-19)24-17(3)9-11-21-25-20-8-6-5-7-18(20)10-12-23(25)28-26(21)24/h5-16H,1-4H3/q+1/i1D3,16D. The van der Waals surface area contributed by atoms with E-state index in [1.165, 1.54) is 6.92 Å². The van der Waals surface area contributed by atoms with E-state index < -0.39 is 12.7 Å². The van der Waals surface area contributed by atoms with E-state index in [1.807, 2.05) is 49.0 Å². The Labute approximate surface area is 170 Å². The lowest BCUT2D eigenvalue weighted by atomic mass is 9.96. The lowest BCUT2D eigenvalue weighted by Crippen LogP contribution is -2.31. The van der Waals surface area contributed by atoms with E-state index in [0.717, 1.165) is 49.5 Å². The molecule has 0 aliphatic carbocycles. The minimum atomic E-state index is -2.44. The Hall–Kier alpha value is -3.13. The summed E-state index contributed by atoms with van der Waals surface area (Å²) >= 11 is 0. The fourth-order valence-corrected chi connectivity index (χ4v) is 4.08. The Morgan fingerprint density at radius 2 is 1.89 bits per heavy atom. The third-order valence-corrected chi connectivity index (χ3v) is 5.58. The number of benzene rings is 3. The summed E-state index contributed by atoms with van der Waals surface area (Å²) in [7, 11) is 1.92. The number of nitrogens with zero attached hydrogens (tertiary/aromatic N) is 1. The molecule has 0 fully saturated rings. The summed E-state index contributed by atoms with van der Waals surface area (Å²) in [5.41, 5.74) is 4.78. The van der Waals surface area contributed by atoms with Gasteiger partial charge >= 0.3 is 0 Å². The van der Waals surface area contributed by atoms with Crippen molar-refractivity contribution in [3.05, 3.63) is 78.0 Å². The maximum absolute atomic E-state index is 8.55. The van der Waals surface area contributed by atoms with Gasteiger partial charge in [0.1, 0.15) is 18.2 Å². The molecule has 2 heteroatoms. The molecule has 0 saturated carbocycles. The normalized spacial score (nSPS) is 16.5. The predicted octanol–water partition coefficient (Wildman–Crippen LogP) is 6.66. The molecular weight excluding hydrogens is 342 g/mol. The first-order valence-electron chi connectivity index (χ1n) is 11.4. The Balaban J connectivity index is 1.85. The fraction of sp³-hybridized carbons (Fsp3) is 0.192. The van der Waals surface area contributed by atoms with Gasteiger partial charge in [-0.05, 0) is 40.8 Å². The predicted molar refractivity (Wildman–Crippen MR) is 117 cm³/mol. The average molecular weight is 371 g/mol. The quantitative estimate of drug-likeness (QED) is 0.317. The van der Waals surface area contributed by atoms with E-state index in [4.69, 9.17) is 9.90 Å². The summed E-state index contributed by atoms with van der Waals surface area (Å²) < 4.78 is 40.4. The molecule has 5 rings (SSSR count). The van der Waals surface area contributed by atoms with Gasteiger partial charge in [0.15, 0.2) is 6.20 Å². The van der Waals surface area contributed by atoms with Gasteiger partial charge in [-0.25, -0.2) is 4.57 Å². The molecule has 0 saturated heterocycles. The molecule has 5 aromatic rings. The minimum Gasteiger partial charge on any atom is -0.455 e. The van der Waals surface area contributed by atoms with E-state index >= 15 is 0 Å². The molecule has 2 heterocycles. The van der Waals surface area contributed by atoms with Gasteiger partial charge < -0.3 is 4.42 Å². The van der Waals surface area contributed by atoms with Crippen molar-refractivity contribution in [1.82, 2.24) is 0 Å². The van der Waals surface area contributed by atoms with Crippen LogP contribution in [-0.2, 0) is 7.05 Å². The first-order chi connectivity index (χ1) is 15.1. The molecule has 3 aromatic carbocycles. The number of fused-ring (bicyclic) bond motifs is 5. The number of furan rings is 1. The van der Waals surface area contributed by atoms with Crippen molar-refractivity contribution >= 4 is 32.7 Å². The monoisotopic (exact) mass is 370 g/mol. The summed E-state index contributed by atoms with van der Waals surface area (Å²) in [6.45, 7) is 1.03. The van der Waals surface area contributed by atoms with Crippen LogP contribution in [0.3, 0.4) is 0 Å². The fourth-order valence-electron chi connectivity index (χ4n) is 4.08. The highest BCUT2D eigenvalue weighted by molar-refractivity contribution is 6.20. The summed E-state index contributed by atoms with van der Waals surface area (Å²) in [5.74, 6) is -1.72. The van der Waals surface area contributed by atoms with E-state index in [2.05, 4.69) is 30.3 Å². The highest BCUT2D eigenvalue weighted by Gasteiger charge is 2.22. The first-order valence-corrected chi connectivity index (χ1v) is 9.44. The smallest absolute Gasteiger partial charge is 0.216 e. The molecule has 2 nitrogen and oxygen atoms in total. The van der Waals surface area contributed by atoms with Crippen LogP contribution in [0.5, 0.6) is 0 Å². The van der Waals surface area contributed by atoms with Gasteiger partial charge in [-0.1, -0.05) is 56.2 Å². The number of hydrogen-bond acceptors (Lipinski definition) is 1. The second-order valence-electron chi connectivity index (χ2n) is 7.43. The number of pyridine rings is 1. The second kappa shape index (κ2) is 6.20. The van der Waals surface area contributed by atoms with Gasteiger partial charge in [0.05, 0.1) is 5.56 Å². The summed E-state index contributed by atoms with van der Waals surface area (Å²) in [6, 6.07) is 20.0. The molecule has 1 atom stereocenters. The maximum atomic E-state index is 8.55. The lowest BCUT2D eigenvalue weighted by molar-refractivity contribution is -0.660. The molecular formula is C26H24NO+. The molecule has 0 spiro atoms. The average Bonchev–Trinajstić information content (AvgIpc) is 3.12. The maximum Gasteiger partial charge on any atom is 0.216 e. The van der Waals surface area contributed by atoms with Crippen LogP contribution in [0.1, 0.15) is 36.3 Å². The zero-order valence-corrected chi connectivity index (χ0v) is 16.2. The van der Waals surface area contributed by atoms with Gasteiger partial charge in [-0.2, -0.15) is 0 Å². The van der Waals surface area contributed by atoms with Crippen molar-refractivity contribution in [2.75, 3.05) is 0 Å². The SMILES string of the molecule is [2H]C([2H])([2H])C([2H])(C)c1cc[n+](C)c(-c2c(C)ccc3c2oc2ccc4ccccc4c23)c1. The van der Waals surface area contributed by atoms with Gasteiger partial charge in [0.25, 0.3) is 0 Å². The van der Waals surface area contributed by atoms with Gasteiger partial charge in [0, 0.05) is 28.4 Å². The van der Waals surface area contributed by atoms with E-state index in [0.29, 0.717) is 5.56 Å². The van der Waals surface area contributed by atoms with Crippen molar-refractivity contribution in [3.63, 3.8) is 0 Å². The number of hydrogen-bond donors (Lipinski definition) is 0. The molecule has 28 heavy (non-hydrogen) atoms. The molecule has 0 bridgehead atoms. The van der Waals surface area contributed by atoms with Crippen LogP contribution in [-0.4, -0.2) is 0 Å². The summed E-state index contributed by atoms with van der Waals surface area (Å²) in [4.78, 5) is 0. The Bertz CT molecular complexity index is 1510. The number of aromatic nitrogens is 1. The Morgan fingerprint density at radius 3 is 2.75 bits per heavy atom. The lowest BCUT2D eigenvalue weighted by Gasteiger charge is -2.09. The van der Waals surface area contributed by atoms with Crippen molar-refractivity contribution in [3.8, 4) is 11.3 Å². The van der Waals surface area contributed by atoms with Crippen molar-refractivity contribution in [1.29, 1.82) is 0 Å². The minimum absolute atomic E-state index is 0.448. The molecule has 0 radical (unpaired) electrons. The summed E-state index contributed by atoms with van der Waals surface area (Å²) in [5, 5.41) is 4.39. The van der Waals surface area contributed by atoms with Crippen molar-refractivity contribution in [2.45, 2.75) is 26.6 Å². The number of rotatable bonds is 2. The molecule has 0 aliphatic rings. The van der Waals surface area contributed by atoms with E-state index in [-0.39, 0.29) is 0 Å². The molecule has 2 aromatic heterocycles. The van der Waals surface area contributed by atoms with Crippen molar-refractivity contribution < 1.29 is 14.5 Å². The Morgan fingerprint density at radius 1 is 1.04 bits per heavy atom. The zero-order valence-electron chi connectivity index (χ0n) is 20.2. The van der Waals surface area contributed by atoms with Gasteiger partial charge in [-0.3, -0.25) is 0 Å². The largest absolute Gasteiger partial charge is 0.455 e. The topological polar surface area (TPSA) is 17.0 Å². The Kier molecular flexibility index (Phi) is 2.90. The first kappa shape index (κ1) is 13.1. The highest BCUT2D eigenvalue weighted by Crippen LogP contribution is 2.40. The van der Waals surface area contributed by atoms with Crippen molar-refractivity contribution in [2.24, 2.45) is 7.05 Å².